The summed E-state index contributed by atoms with van der Waals surface area (Å²) in [5.74, 6) is 1.04. The maximum atomic E-state index is 12.0. The highest BCUT2D eigenvalue weighted by Gasteiger charge is 2.30. The summed E-state index contributed by atoms with van der Waals surface area (Å²) in [5.41, 5.74) is 5.95. The molecule has 1 aliphatic rings. The van der Waals surface area contributed by atoms with Gasteiger partial charge in [0.2, 0.25) is 5.91 Å². The van der Waals surface area contributed by atoms with Gasteiger partial charge in [0.1, 0.15) is 0 Å². The number of halogens is 2. The van der Waals surface area contributed by atoms with Crippen LogP contribution in [0, 0.1) is 11.8 Å². The van der Waals surface area contributed by atoms with Crippen LogP contribution in [0.1, 0.15) is 26.7 Å². The largest absolute Gasteiger partial charge is 0.353 e. The van der Waals surface area contributed by atoms with Crippen LogP contribution < -0.4 is 11.1 Å². The van der Waals surface area contributed by atoms with Crippen molar-refractivity contribution < 1.29 is 4.79 Å². The van der Waals surface area contributed by atoms with E-state index in [1.165, 1.54) is 12.8 Å². The van der Waals surface area contributed by atoms with E-state index >= 15 is 0 Å². The summed E-state index contributed by atoms with van der Waals surface area (Å²) in [6.07, 6.45) is 2.44. The number of carbonyl (C=O) groups is 1. The lowest BCUT2D eigenvalue weighted by Gasteiger charge is -2.27. The van der Waals surface area contributed by atoms with Crippen molar-refractivity contribution in [3.05, 3.63) is 0 Å². The monoisotopic (exact) mass is 299 g/mol. The van der Waals surface area contributed by atoms with Crippen LogP contribution >= 0.6 is 24.8 Å². The van der Waals surface area contributed by atoms with Gasteiger partial charge in [0, 0.05) is 12.6 Å². The first-order chi connectivity index (χ1) is 7.43. The van der Waals surface area contributed by atoms with Crippen molar-refractivity contribution in [3.8, 4) is 0 Å². The average molecular weight is 300 g/mol. The number of rotatable bonds is 6. The highest BCUT2D eigenvalue weighted by Crippen LogP contribution is 2.31. The van der Waals surface area contributed by atoms with E-state index in [-0.39, 0.29) is 42.8 Å². The average Bonchev–Trinajstić information content (AvgIpc) is 2.95. The predicted octanol–water partition coefficient (Wildman–Crippen LogP) is 1.27. The highest BCUT2D eigenvalue weighted by molar-refractivity contribution is 5.85. The van der Waals surface area contributed by atoms with Crippen LogP contribution in [0.3, 0.4) is 0 Å². The van der Waals surface area contributed by atoms with E-state index in [0.717, 1.165) is 0 Å². The first-order valence-electron chi connectivity index (χ1n) is 6.13. The minimum absolute atomic E-state index is 0. The van der Waals surface area contributed by atoms with Crippen molar-refractivity contribution >= 4 is 30.7 Å². The second-order valence-corrected chi connectivity index (χ2v) is 5.40. The molecule has 0 heterocycles. The third-order valence-corrected chi connectivity index (χ3v) is 3.20. The molecule has 0 aliphatic heterocycles. The van der Waals surface area contributed by atoms with Gasteiger partial charge >= 0.3 is 0 Å². The number of carbonyl (C=O) groups excluding carboxylic acids is 1. The van der Waals surface area contributed by atoms with Crippen LogP contribution in [0.2, 0.25) is 0 Å². The van der Waals surface area contributed by atoms with Crippen LogP contribution in [-0.2, 0) is 4.79 Å². The molecule has 18 heavy (non-hydrogen) atoms. The Morgan fingerprint density at radius 1 is 1.33 bits per heavy atom. The smallest absolute Gasteiger partial charge is 0.237 e. The van der Waals surface area contributed by atoms with Gasteiger partial charge in [-0.15, -0.1) is 24.8 Å². The van der Waals surface area contributed by atoms with E-state index in [1.54, 1.807) is 0 Å². The van der Waals surface area contributed by atoms with Gasteiger partial charge in [-0.05, 0) is 38.8 Å². The standard InChI is InChI=1S/C12H25N3O.2ClH/c1-8(2)11(15(3)4)12(16)14-7-10(13)9-5-6-9;;/h8-11H,5-7,13H2,1-4H3,(H,14,16);2*1H. The third kappa shape index (κ3) is 6.23. The fourth-order valence-corrected chi connectivity index (χ4v) is 2.15. The Morgan fingerprint density at radius 3 is 2.17 bits per heavy atom. The van der Waals surface area contributed by atoms with Crippen molar-refractivity contribution in [1.82, 2.24) is 10.2 Å². The molecule has 1 amide bonds. The molecule has 6 heteroatoms. The zero-order valence-electron chi connectivity index (χ0n) is 11.7. The molecule has 2 atom stereocenters. The number of nitrogens with two attached hydrogens (primary N) is 1. The van der Waals surface area contributed by atoms with E-state index < -0.39 is 0 Å². The number of hydrogen-bond acceptors (Lipinski definition) is 3. The second kappa shape index (κ2) is 8.97. The number of nitrogens with zero attached hydrogens (tertiary/aromatic N) is 1. The van der Waals surface area contributed by atoms with Gasteiger partial charge in [0.25, 0.3) is 0 Å². The van der Waals surface area contributed by atoms with Crippen LogP contribution in [0.5, 0.6) is 0 Å². The number of hydrogen-bond donors (Lipinski definition) is 2. The fourth-order valence-electron chi connectivity index (χ4n) is 2.15. The minimum Gasteiger partial charge on any atom is -0.353 e. The molecule has 1 aliphatic carbocycles. The predicted molar refractivity (Wildman–Crippen MR) is 80.5 cm³/mol. The summed E-state index contributed by atoms with van der Waals surface area (Å²) in [6, 6.07) is 0.0744. The molecule has 2 unspecified atom stereocenters. The molecule has 0 radical (unpaired) electrons. The maximum Gasteiger partial charge on any atom is 0.237 e. The van der Waals surface area contributed by atoms with E-state index in [2.05, 4.69) is 19.2 Å². The van der Waals surface area contributed by atoms with Gasteiger partial charge in [0.15, 0.2) is 0 Å². The molecule has 110 valence electrons. The van der Waals surface area contributed by atoms with Crippen molar-refractivity contribution in [2.75, 3.05) is 20.6 Å². The summed E-state index contributed by atoms with van der Waals surface area (Å²) >= 11 is 0. The molecular formula is C12H27Cl2N3O. The fraction of sp³-hybridized carbons (Fsp3) is 0.917. The highest BCUT2D eigenvalue weighted by atomic mass is 35.5. The zero-order valence-corrected chi connectivity index (χ0v) is 13.3. The summed E-state index contributed by atoms with van der Waals surface area (Å²) < 4.78 is 0. The van der Waals surface area contributed by atoms with Gasteiger partial charge < -0.3 is 11.1 Å². The molecule has 0 saturated heterocycles. The lowest BCUT2D eigenvalue weighted by atomic mass is 10.0. The minimum atomic E-state index is -0.0635. The molecule has 0 aromatic carbocycles. The second-order valence-electron chi connectivity index (χ2n) is 5.40. The quantitative estimate of drug-likeness (QED) is 0.776. The lowest BCUT2D eigenvalue weighted by molar-refractivity contribution is -0.127. The summed E-state index contributed by atoms with van der Waals surface area (Å²) in [4.78, 5) is 13.9. The molecule has 4 nitrogen and oxygen atoms in total. The molecule has 0 aromatic heterocycles. The molecule has 0 aromatic rings. The van der Waals surface area contributed by atoms with Gasteiger partial charge in [0.05, 0.1) is 6.04 Å². The molecular weight excluding hydrogens is 273 g/mol. The van der Waals surface area contributed by atoms with E-state index in [0.29, 0.717) is 18.4 Å². The summed E-state index contributed by atoms with van der Waals surface area (Å²) in [5, 5.41) is 2.96. The number of nitrogens with one attached hydrogen (secondary N) is 1. The summed E-state index contributed by atoms with van der Waals surface area (Å²) in [6.45, 7) is 4.73. The van der Waals surface area contributed by atoms with Gasteiger partial charge in [-0.2, -0.15) is 0 Å². The van der Waals surface area contributed by atoms with Crippen LogP contribution in [-0.4, -0.2) is 43.5 Å². The van der Waals surface area contributed by atoms with E-state index in [1.807, 2.05) is 19.0 Å². The lowest BCUT2D eigenvalue weighted by Crippen LogP contribution is -2.49. The topological polar surface area (TPSA) is 58.4 Å². The van der Waals surface area contributed by atoms with Gasteiger partial charge in [-0.1, -0.05) is 13.8 Å². The van der Waals surface area contributed by atoms with Crippen LogP contribution in [0.4, 0.5) is 0 Å². The van der Waals surface area contributed by atoms with Crippen molar-refractivity contribution in [2.24, 2.45) is 17.6 Å². The van der Waals surface area contributed by atoms with Gasteiger partial charge in [-0.3, -0.25) is 9.69 Å². The Balaban J connectivity index is 0. The summed E-state index contributed by atoms with van der Waals surface area (Å²) in [7, 11) is 3.87. The molecule has 0 spiro atoms. The van der Waals surface area contributed by atoms with Crippen LogP contribution in [0.25, 0.3) is 0 Å². The Kier molecular flexibility index (Phi) is 10.1. The molecule has 1 saturated carbocycles. The SMILES string of the molecule is CC(C)C(C(=O)NCC(N)C1CC1)N(C)C.Cl.Cl. The Bertz CT molecular complexity index is 237. The molecule has 1 rings (SSSR count). The van der Waals surface area contributed by atoms with E-state index in [4.69, 9.17) is 5.73 Å². The van der Waals surface area contributed by atoms with Crippen LogP contribution in [0.15, 0.2) is 0 Å². The first-order valence-corrected chi connectivity index (χ1v) is 6.13. The van der Waals surface area contributed by atoms with Crippen molar-refractivity contribution in [1.29, 1.82) is 0 Å². The maximum absolute atomic E-state index is 12.0. The normalized spacial score (nSPS) is 17.7. The number of likely N-dealkylation sites (N-methyl/N-ethyl adjacent to an activating group) is 1. The van der Waals surface area contributed by atoms with E-state index in [9.17, 15) is 4.79 Å². The van der Waals surface area contributed by atoms with Crippen molar-refractivity contribution in [3.63, 3.8) is 0 Å². The Labute approximate surface area is 123 Å². The Morgan fingerprint density at radius 2 is 1.83 bits per heavy atom. The van der Waals surface area contributed by atoms with Gasteiger partial charge in [-0.25, -0.2) is 0 Å². The molecule has 0 bridgehead atoms. The number of amides is 1. The molecule has 3 N–H and O–H groups in total. The van der Waals surface area contributed by atoms with Crippen molar-refractivity contribution in [2.45, 2.75) is 38.8 Å². The zero-order chi connectivity index (χ0) is 12.3. The first kappa shape index (κ1) is 20.3. The Hall–Kier alpha value is -0.0300. The third-order valence-electron chi connectivity index (χ3n) is 3.20. The molecule has 1 fully saturated rings.